The van der Waals surface area contributed by atoms with Crippen LogP contribution in [0.15, 0.2) is 24.3 Å². The Balaban J connectivity index is 1.70. The van der Waals surface area contributed by atoms with E-state index in [2.05, 4.69) is 23.6 Å². The van der Waals surface area contributed by atoms with Crippen molar-refractivity contribution in [2.24, 2.45) is 0 Å². The molecule has 2 N–H and O–H groups in total. The van der Waals surface area contributed by atoms with E-state index in [1.165, 1.54) is 50.5 Å². The van der Waals surface area contributed by atoms with Crippen LogP contribution in [-0.2, 0) is 58.1 Å². The van der Waals surface area contributed by atoms with Gasteiger partial charge in [-0.1, -0.05) is 57.6 Å². The van der Waals surface area contributed by atoms with E-state index in [-0.39, 0.29) is 13.2 Å². The van der Waals surface area contributed by atoms with Crippen LogP contribution in [0.2, 0.25) is 0 Å². The molecule has 0 atom stereocenters. The Morgan fingerprint density at radius 2 is 0.760 bits per heavy atom. The molecule has 294 valence electrons. The minimum Gasteiger partial charge on any atom is -0.491 e. The molecule has 0 aliphatic rings. The highest BCUT2D eigenvalue weighted by Crippen LogP contribution is 2.35. The zero-order valence-corrected chi connectivity index (χ0v) is 31.2. The fourth-order valence-corrected chi connectivity index (χ4v) is 4.65. The molecule has 0 heterocycles. The second-order valence-electron chi connectivity index (χ2n) is 11.2. The zero-order chi connectivity index (χ0) is 36.1. The van der Waals surface area contributed by atoms with Crippen molar-refractivity contribution in [2.75, 3.05) is 132 Å². The second kappa shape index (κ2) is 36.1. The number of aryl methyl sites for hydroxylation is 1. The minimum absolute atomic E-state index is 0.0795. The molecule has 0 unspecified atom stereocenters. The molecule has 0 spiro atoms. The Morgan fingerprint density at radius 1 is 0.440 bits per heavy atom. The lowest BCUT2D eigenvalue weighted by atomic mass is 10.0. The maximum absolute atomic E-state index is 10.5. The third-order valence-electron chi connectivity index (χ3n) is 6.95. The quantitative estimate of drug-likeness (QED) is 0.0709. The van der Waals surface area contributed by atoms with Gasteiger partial charge in [0.2, 0.25) is 0 Å². The normalized spacial score (nSPS) is 11.8. The molecule has 0 aromatic heterocycles. The van der Waals surface area contributed by atoms with Crippen LogP contribution in [0.25, 0.3) is 0 Å². The molecule has 50 heavy (non-hydrogen) atoms. The molecule has 15 heteroatoms. The maximum Gasteiger partial charge on any atom is 0.469 e. The number of ether oxygens (including phenoxy) is 10. The van der Waals surface area contributed by atoms with Crippen LogP contribution in [0.5, 0.6) is 5.75 Å². The summed E-state index contributed by atoms with van der Waals surface area (Å²) in [5.74, 6) is 0.878. The first-order valence-electron chi connectivity index (χ1n) is 18.1. The monoisotopic (exact) mass is 740 g/mol. The van der Waals surface area contributed by atoms with Gasteiger partial charge in [0, 0.05) is 0 Å². The van der Waals surface area contributed by atoms with Crippen molar-refractivity contribution in [3.8, 4) is 5.75 Å². The standard InChI is InChI=1S/C35H65O14P/c1-2-3-4-5-6-7-8-9-34-10-12-35(13-11-34)48-32-30-46-28-26-44-24-22-42-20-18-40-16-14-39-15-17-41-19-21-43-23-25-45-27-29-47-31-33-49-50(36,37)38/h10-13H,2-9,14-33H2,1H3,(H2,36,37,38). The average Bonchev–Trinajstić information content (AvgIpc) is 3.10. The molecule has 0 radical (unpaired) electrons. The Hall–Kier alpha value is -1.23. The van der Waals surface area contributed by atoms with Gasteiger partial charge in [-0.25, -0.2) is 4.57 Å². The Labute approximate surface area is 299 Å². The van der Waals surface area contributed by atoms with Crippen molar-refractivity contribution >= 4 is 7.82 Å². The van der Waals surface area contributed by atoms with Crippen LogP contribution in [-0.4, -0.2) is 142 Å². The largest absolute Gasteiger partial charge is 0.491 e. The highest BCUT2D eigenvalue weighted by Gasteiger charge is 2.12. The third-order valence-corrected chi connectivity index (χ3v) is 7.47. The van der Waals surface area contributed by atoms with Gasteiger partial charge in [0.05, 0.1) is 126 Å². The molecule has 0 saturated heterocycles. The summed E-state index contributed by atoms with van der Waals surface area (Å²) in [6.07, 6.45) is 10.5. The number of benzene rings is 1. The molecule has 1 rings (SSSR count). The van der Waals surface area contributed by atoms with Crippen molar-refractivity contribution < 1.29 is 66.2 Å². The highest BCUT2D eigenvalue weighted by atomic mass is 31.2. The first-order valence-corrected chi connectivity index (χ1v) is 19.7. The van der Waals surface area contributed by atoms with Crippen molar-refractivity contribution in [3.63, 3.8) is 0 Å². The van der Waals surface area contributed by atoms with E-state index in [1.54, 1.807) is 0 Å². The third kappa shape index (κ3) is 35.2. The van der Waals surface area contributed by atoms with Crippen LogP contribution in [0.3, 0.4) is 0 Å². The molecule has 1 aromatic rings. The van der Waals surface area contributed by atoms with E-state index >= 15 is 0 Å². The number of unbranched alkanes of at least 4 members (excludes halogenated alkanes) is 6. The van der Waals surface area contributed by atoms with Gasteiger partial charge in [0.1, 0.15) is 12.4 Å². The van der Waals surface area contributed by atoms with Crippen LogP contribution < -0.4 is 4.74 Å². The predicted molar refractivity (Wildman–Crippen MR) is 189 cm³/mol. The van der Waals surface area contributed by atoms with E-state index in [0.29, 0.717) is 119 Å². The van der Waals surface area contributed by atoms with E-state index in [1.807, 2.05) is 12.1 Å². The number of phosphoric acid groups is 1. The van der Waals surface area contributed by atoms with Gasteiger partial charge >= 0.3 is 7.82 Å². The van der Waals surface area contributed by atoms with Crippen LogP contribution >= 0.6 is 7.82 Å². The summed E-state index contributed by atoms with van der Waals surface area (Å²) >= 11 is 0. The van der Waals surface area contributed by atoms with Gasteiger partial charge in [0.25, 0.3) is 0 Å². The summed E-state index contributed by atoms with van der Waals surface area (Å²) in [6.45, 7) is 10.5. The Bertz CT molecular complexity index is 873. The Morgan fingerprint density at radius 3 is 1.12 bits per heavy atom. The molecule has 14 nitrogen and oxygen atoms in total. The summed E-state index contributed by atoms with van der Waals surface area (Å²) in [7, 11) is -4.44. The first kappa shape index (κ1) is 46.8. The molecule has 0 saturated carbocycles. The van der Waals surface area contributed by atoms with E-state index in [0.717, 1.165) is 12.2 Å². The van der Waals surface area contributed by atoms with Crippen molar-refractivity contribution in [3.05, 3.63) is 29.8 Å². The van der Waals surface area contributed by atoms with Crippen LogP contribution in [0.1, 0.15) is 57.4 Å². The molecular formula is C35H65O14P. The fraction of sp³-hybridized carbons (Fsp3) is 0.829. The smallest absolute Gasteiger partial charge is 0.469 e. The lowest BCUT2D eigenvalue weighted by Gasteiger charge is -2.09. The molecule has 0 aliphatic heterocycles. The summed E-state index contributed by atoms with van der Waals surface area (Å²) in [5.41, 5.74) is 1.37. The zero-order valence-electron chi connectivity index (χ0n) is 30.3. The Kier molecular flexibility index (Phi) is 33.8. The lowest BCUT2D eigenvalue weighted by Crippen LogP contribution is -2.15. The topological polar surface area (TPSA) is 159 Å². The highest BCUT2D eigenvalue weighted by molar-refractivity contribution is 7.46. The van der Waals surface area contributed by atoms with Gasteiger partial charge in [-0.05, 0) is 30.5 Å². The van der Waals surface area contributed by atoms with E-state index in [9.17, 15) is 4.57 Å². The molecule has 0 fully saturated rings. The summed E-state index contributed by atoms with van der Waals surface area (Å²) in [5, 5.41) is 0. The van der Waals surface area contributed by atoms with E-state index in [4.69, 9.17) is 57.2 Å². The number of hydrogen-bond acceptors (Lipinski definition) is 12. The van der Waals surface area contributed by atoms with Gasteiger partial charge < -0.3 is 57.2 Å². The number of rotatable bonds is 40. The molecule has 0 aliphatic carbocycles. The van der Waals surface area contributed by atoms with E-state index < -0.39 is 7.82 Å². The van der Waals surface area contributed by atoms with Gasteiger partial charge in [-0.3, -0.25) is 4.52 Å². The molecule has 0 bridgehead atoms. The number of hydrogen-bond donors (Lipinski definition) is 2. The van der Waals surface area contributed by atoms with Crippen molar-refractivity contribution in [1.29, 1.82) is 0 Å². The maximum atomic E-state index is 10.5. The van der Waals surface area contributed by atoms with Crippen LogP contribution in [0, 0.1) is 0 Å². The minimum atomic E-state index is -4.44. The van der Waals surface area contributed by atoms with Crippen LogP contribution in [0.4, 0.5) is 0 Å². The summed E-state index contributed by atoms with van der Waals surface area (Å²) < 4.78 is 69.3. The summed E-state index contributed by atoms with van der Waals surface area (Å²) in [4.78, 5) is 17.1. The second-order valence-corrected chi connectivity index (χ2v) is 12.4. The summed E-state index contributed by atoms with van der Waals surface area (Å²) in [6, 6.07) is 8.42. The van der Waals surface area contributed by atoms with Crippen molar-refractivity contribution in [1.82, 2.24) is 0 Å². The lowest BCUT2D eigenvalue weighted by molar-refractivity contribution is -0.0258. The fourth-order valence-electron chi connectivity index (χ4n) is 4.33. The number of phosphoric ester groups is 1. The molecular weight excluding hydrogens is 675 g/mol. The SMILES string of the molecule is CCCCCCCCCc1ccc(OCCOCCOCCOCCOCCOCCOCCOCCOCCOCCOP(=O)(O)O)cc1. The van der Waals surface area contributed by atoms with Gasteiger partial charge in [-0.2, -0.15) is 0 Å². The molecule has 1 aromatic carbocycles. The average molecular weight is 741 g/mol. The molecule has 0 amide bonds. The van der Waals surface area contributed by atoms with Gasteiger partial charge in [0.15, 0.2) is 0 Å². The van der Waals surface area contributed by atoms with Crippen molar-refractivity contribution in [2.45, 2.75) is 58.3 Å². The van der Waals surface area contributed by atoms with Gasteiger partial charge in [-0.15, -0.1) is 0 Å². The first-order chi connectivity index (χ1) is 24.5. The predicted octanol–water partition coefficient (Wildman–Crippen LogP) is 4.62.